The van der Waals surface area contributed by atoms with Crippen molar-refractivity contribution in [3.63, 3.8) is 0 Å². The normalized spacial score (nSPS) is 18.6. The lowest BCUT2D eigenvalue weighted by Gasteiger charge is -2.31. The summed E-state index contributed by atoms with van der Waals surface area (Å²) >= 11 is 0. The van der Waals surface area contributed by atoms with E-state index in [9.17, 15) is 9.59 Å². The number of halogens is 1. The third-order valence-corrected chi connectivity index (χ3v) is 5.63. The molecule has 1 aromatic heterocycles. The zero-order chi connectivity index (χ0) is 20.1. The SMILES string of the molecule is Cl.O=C(Nc1cccc(C(=O)N(Cc2ccccn2)C2CCCNCC2)c1)C1CC1. The number of hydrogen-bond donors (Lipinski definition) is 2. The fourth-order valence-electron chi connectivity index (χ4n) is 3.83. The summed E-state index contributed by atoms with van der Waals surface area (Å²) in [7, 11) is 0. The minimum Gasteiger partial charge on any atom is -0.330 e. The third kappa shape index (κ3) is 5.80. The summed E-state index contributed by atoms with van der Waals surface area (Å²) < 4.78 is 0. The fraction of sp³-hybridized carbons (Fsp3) is 0.435. The molecule has 1 aliphatic heterocycles. The number of carbonyl (C=O) groups is 2. The number of anilines is 1. The lowest BCUT2D eigenvalue weighted by Crippen LogP contribution is -2.40. The molecule has 160 valence electrons. The van der Waals surface area contributed by atoms with Gasteiger partial charge in [0.2, 0.25) is 5.91 Å². The highest BCUT2D eigenvalue weighted by molar-refractivity contribution is 5.98. The minimum atomic E-state index is -0.00919. The van der Waals surface area contributed by atoms with Crippen LogP contribution in [0, 0.1) is 5.92 Å². The highest BCUT2D eigenvalue weighted by Crippen LogP contribution is 2.30. The predicted octanol–water partition coefficient (Wildman–Crippen LogP) is 3.64. The molecule has 2 aliphatic rings. The van der Waals surface area contributed by atoms with Crippen LogP contribution in [0.15, 0.2) is 48.7 Å². The van der Waals surface area contributed by atoms with Crippen LogP contribution in [0.2, 0.25) is 0 Å². The van der Waals surface area contributed by atoms with Crippen molar-refractivity contribution in [2.75, 3.05) is 18.4 Å². The van der Waals surface area contributed by atoms with E-state index in [1.807, 2.05) is 41.3 Å². The highest BCUT2D eigenvalue weighted by Gasteiger charge is 2.30. The maximum Gasteiger partial charge on any atom is 0.254 e. The van der Waals surface area contributed by atoms with Gasteiger partial charge >= 0.3 is 0 Å². The van der Waals surface area contributed by atoms with Crippen molar-refractivity contribution in [3.05, 3.63) is 59.9 Å². The molecule has 0 spiro atoms. The summed E-state index contributed by atoms with van der Waals surface area (Å²) in [6.45, 7) is 2.39. The molecule has 1 saturated carbocycles. The Morgan fingerprint density at radius 1 is 1.07 bits per heavy atom. The summed E-state index contributed by atoms with van der Waals surface area (Å²) in [4.78, 5) is 32.0. The average Bonchev–Trinajstić information content (AvgIpc) is 3.60. The van der Waals surface area contributed by atoms with Crippen molar-refractivity contribution in [1.82, 2.24) is 15.2 Å². The first kappa shape index (κ1) is 22.2. The number of aromatic nitrogens is 1. The van der Waals surface area contributed by atoms with Crippen molar-refractivity contribution in [2.45, 2.75) is 44.7 Å². The predicted molar refractivity (Wildman–Crippen MR) is 120 cm³/mol. The van der Waals surface area contributed by atoms with Crippen LogP contribution in [0.25, 0.3) is 0 Å². The number of nitrogens with zero attached hydrogens (tertiary/aromatic N) is 2. The number of amides is 2. The zero-order valence-corrected chi connectivity index (χ0v) is 17.9. The molecule has 4 rings (SSSR count). The van der Waals surface area contributed by atoms with E-state index in [1.165, 1.54) is 0 Å². The molecule has 30 heavy (non-hydrogen) atoms. The van der Waals surface area contributed by atoms with Gasteiger partial charge in [0.1, 0.15) is 0 Å². The molecular weight excluding hydrogens is 400 g/mol. The molecule has 1 saturated heterocycles. The largest absolute Gasteiger partial charge is 0.330 e. The smallest absolute Gasteiger partial charge is 0.254 e. The number of hydrogen-bond acceptors (Lipinski definition) is 4. The van der Waals surface area contributed by atoms with Gasteiger partial charge in [-0.05, 0) is 75.5 Å². The average molecular weight is 429 g/mol. The summed E-state index contributed by atoms with van der Waals surface area (Å²) in [6, 6.07) is 13.3. The molecule has 2 heterocycles. The van der Waals surface area contributed by atoms with E-state index in [0.717, 1.165) is 50.9 Å². The number of nitrogens with one attached hydrogen (secondary N) is 2. The Kier molecular flexibility index (Phi) is 7.82. The van der Waals surface area contributed by atoms with Crippen molar-refractivity contribution < 1.29 is 9.59 Å². The van der Waals surface area contributed by atoms with Crippen LogP contribution in [0.4, 0.5) is 5.69 Å². The molecule has 2 fully saturated rings. The number of rotatable bonds is 6. The van der Waals surface area contributed by atoms with Gasteiger partial charge in [-0.3, -0.25) is 14.6 Å². The fourth-order valence-corrected chi connectivity index (χ4v) is 3.83. The van der Waals surface area contributed by atoms with Crippen LogP contribution < -0.4 is 10.6 Å². The second kappa shape index (κ2) is 10.5. The van der Waals surface area contributed by atoms with Crippen LogP contribution >= 0.6 is 12.4 Å². The van der Waals surface area contributed by atoms with Gasteiger partial charge in [-0.2, -0.15) is 0 Å². The van der Waals surface area contributed by atoms with E-state index in [0.29, 0.717) is 17.8 Å². The maximum atomic E-state index is 13.5. The molecule has 1 atom stereocenters. The molecule has 1 aliphatic carbocycles. The van der Waals surface area contributed by atoms with Gasteiger partial charge < -0.3 is 15.5 Å². The molecule has 1 unspecified atom stereocenters. The van der Waals surface area contributed by atoms with E-state index in [-0.39, 0.29) is 36.2 Å². The van der Waals surface area contributed by atoms with Crippen molar-refractivity contribution in [3.8, 4) is 0 Å². The summed E-state index contributed by atoms with van der Waals surface area (Å²) in [5, 5.41) is 6.37. The minimum absolute atomic E-state index is 0. The summed E-state index contributed by atoms with van der Waals surface area (Å²) in [5.74, 6) is 0.174. The first-order valence-electron chi connectivity index (χ1n) is 10.5. The lowest BCUT2D eigenvalue weighted by molar-refractivity contribution is -0.117. The van der Waals surface area contributed by atoms with E-state index in [2.05, 4.69) is 15.6 Å². The maximum absolute atomic E-state index is 13.5. The van der Waals surface area contributed by atoms with Gasteiger partial charge in [-0.25, -0.2) is 0 Å². The van der Waals surface area contributed by atoms with Gasteiger partial charge in [0.15, 0.2) is 0 Å². The standard InChI is InChI=1S/C23H28N4O2.ClH/c28-22(17-9-10-17)26-19-7-3-5-18(15-19)23(29)27(16-20-6-1-2-13-25-20)21-8-4-12-24-14-11-21;/h1-3,5-7,13,15,17,21,24H,4,8-12,14,16H2,(H,26,28);1H. The van der Waals surface area contributed by atoms with Gasteiger partial charge in [0.25, 0.3) is 5.91 Å². The summed E-state index contributed by atoms with van der Waals surface area (Å²) in [6.07, 6.45) is 6.63. The second-order valence-electron chi connectivity index (χ2n) is 7.93. The van der Waals surface area contributed by atoms with Gasteiger partial charge in [0.05, 0.1) is 12.2 Å². The van der Waals surface area contributed by atoms with E-state index < -0.39 is 0 Å². The molecule has 2 N–H and O–H groups in total. The van der Waals surface area contributed by atoms with Gasteiger partial charge in [-0.1, -0.05) is 12.1 Å². The second-order valence-corrected chi connectivity index (χ2v) is 7.93. The molecule has 7 heteroatoms. The summed E-state index contributed by atoms with van der Waals surface area (Å²) in [5.41, 5.74) is 2.18. The topological polar surface area (TPSA) is 74.3 Å². The first-order valence-corrected chi connectivity index (χ1v) is 10.5. The highest BCUT2D eigenvalue weighted by atomic mass is 35.5. The van der Waals surface area contributed by atoms with Crippen molar-refractivity contribution in [1.29, 1.82) is 0 Å². The molecule has 2 aromatic rings. The number of pyridine rings is 1. The molecule has 0 bridgehead atoms. The van der Waals surface area contributed by atoms with Gasteiger partial charge in [-0.15, -0.1) is 12.4 Å². The molecule has 6 nitrogen and oxygen atoms in total. The van der Waals surface area contributed by atoms with Crippen LogP contribution in [0.3, 0.4) is 0 Å². The molecule has 1 aromatic carbocycles. The Morgan fingerprint density at radius 2 is 1.93 bits per heavy atom. The third-order valence-electron chi connectivity index (χ3n) is 5.63. The van der Waals surface area contributed by atoms with Crippen LogP contribution in [0.1, 0.15) is 48.2 Å². The Hall–Kier alpha value is -2.44. The van der Waals surface area contributed by atoms with Gasteiger partial charge in [0, 0.05) is 29.4 Å². The number of benzene rings is 1. The Balaban J connectivity index is 0.00000256. The molecular formula is C23H29ClN4O2. The van der Waals surface area contributed by atoms with Crippen LogP contribution in [-0.4, -0.2) is 40.8 Å². The van der Waals surface area contributed by atoms with E-state index in [4.69, 9.17) is 0 Å². The Bertz CT molecular complexity index is 849. The first-order chi connectivity index (χ1) is 14.2. The van der Waals surface area contributed by atoms with E-state index in [1.54, 1.807) is 12.3 Å². The van der Waals surface area contributed by atoms with Crippen molar-refractivity contribution >= 4 is 29.9 Å². The molecule has 0 radical (unpaired) electrons. The monoisotopic (exact) mass is 428 g/mol. The Morgan fingerprint density at radius 3 is 2.70 bits per heavy atom. The van der Waals surface area contributed by atoms with Crippen LogP contribution in [-0.2, 0) is 11.3 Å². The van der Waals surface area contributed by atoms with Crippen molar-refractivity contribution in [2.24, 2.45) is 5.92 Å². The van der Waals surface area contributed by atoms with Crippen LogP contribution in [0.5, 0.6) is 0 Å². The van der Waals surface area contributed by atoms with E-state index >= 15 is 0 Å². The zero-order valence-electron chi connectivity index (χ0n) is 17.0. The lowest BCUT2D eigenvalue weighted by atomic mass is 10.0. The quantitative estimate of drug-likeness (QED) is 0.736. The molecule has 2 amide bonds. The Labute approximate surface area is 183 Å². The number of carbonyl (C=O) groups excluding carboxylic acids is 2.